The van der Waals surface area contributed by atoms with Crippen molar-refractivity contribution in [2.45, 2.75) is 24.3 Å². The summed E-state index contributed by atoms with van der Waals surface area (Å²) >= 11 is 3.59. The molecule has 0 amide bonds. The summed E-state index contributed by atoms with van der Waals surface area (Å²) in [6.07, 6.45) is 0.468. The van der Waals surface area contributed by atoms with Crippen molar-refractivity contribution in [2.75, 3.05) is 6.61 Å². The van der Waals surface area contributed by atoms with Crippen LogP contribution < -0.4 is 0 Å². The summed E-state index contributed by atoms with van der Waals surface area (Å²) in [5.74, 6) is -4.52. The van der Waals surface area contributed by atoms with E-state index in [1.54, 1.807) is 6.07 Å². The van der Waals surface area contributed by atoms with Gasteiger partial charge in [0.15, 0.2) is 17.5 Å². The lowest BCUT2D eigenvalue weighted by molar-refractivity contribution is -0.00776. The normalized spacial score (nSPS) is 24.2. The molecule has 0 aliphatic carbocycles. The van der Waals surface area contributed by atoms with Gasteiger partial charge in [-0.3, -0.25) is 0 Å². The van der Waals surface area contributed by atoms with E-state index in [0.717, 1.165) is 12.1 Å². The maximum absolute atomic E-state index is 14.4. The van der Waals surface area contributed by atoms with E-state index in [2.05, 4.69) is 22.9 Å². The molecule has 0 spiro atoms. The Kier molecular flexibility index (Phi) is 4.97. The van der Waals surface area contributed by atoms with Gasteiger partial charge < -0.3 is 4.74 Å². The fraction of sp³-hybridized carbons (Fsp3) is 0.333. The van der Waals surface area contributed by atoms with Crippen LogP contribution in [0.3, 0.4) is 0 Å². The first-order valence-electron chi connectivity index (χ1n) is 7.57. The minimum atomic E-state index is -1.57. The van der Waals surface area contributed by atoms with Crippen LogP contribution in [0.2, 0.25) is 0 Å². The summed E-state index contributed by atoms with van der Waals surface area (Å²) < 4.78 is 59.9. The molecule has 2 aromatic rings. The molecule has 1 aliphatic rings. The quantitative estimate of drug-likeness (QED) is 0.352. The first-order chi connectivity index (χ1) is 11.4. The first kappa shape index (κ1) is 17.4. The van der Waals surface area contributed by atoms with Crippen LogP contribution >= 0.6 is 15.9 Å². The van der Waals surface area contributed by atoms with Gasteiger partial charge in [-0.25, -0.2) is 17.6 Å². The Bertz CT molecular complexity index is 742. The zero-order valence-electron chi connectivity index (χ0n) is 12.8. The minimum absolute atomic E-state index is 0.0103. The molecule has 0 radical (unpaired) electrons. The SMILES string of the molecule is CC1COC(c2ccc(-c3cc(F)c(F)c(F)c3)c(F)c2)CC1Br. The van der Waals surface area contributed by atoms with Crippen LogP contribution in [0.15, 0.2) is 30.3 Å². The van der Waals surface area contributed by atoms with Crippen LogP contribution in [0.25, 0.3) is 11.1 Å². The highest BCUT2D eigenvalue weighted by atomic mass is 79.9. The molecule has 6 heteroatoms. The summed E-state index contributed by atoms with van der Waals surface area (Å²) in [6.45, 7) is 2.63. The number of hydrogen-bond donors (Lipinski definition) is 0. The van der Waals surface area contributed by atoms with Crippen molar-refractivity contribution in [1.29, 1.82) is 0 Å². The summed E-state index contributed by atoms with van der Waals surface area (Å²) in [5.41, 5.74) is 0.624. The Balaban J connectivity index is 1.91. The van der Waals surface area contributed by atoms with E-state index in [1.807, 2.05) is 0 Å². The molecule has 3 atom stereocenters. The number of benzene rings is 2. The molecule has 1 aliphatic heterocycles. The van der Waals surface area contributed by atoms with Gasteiger partial charge in [0.1, 0.15) is 5.82 Å². The largest absolute Gasteiger partial charge is 0.373 e. The van der Waals surface area contributed by atoms with Crippen LogP contribution in [0, 0.1) is 29.2 Å². The lowest BCUT2D eigenvalue weighted by Crippen LogP contribution is -2.27. The van der Waals surface area contributed by atoms with E-state index in [9.17, 15) is 17.6 Å². The van der Waals surface area contributed by atoms with Crippen molar-refractivity contribution in [1.82, 2.24) is 0 Å². The molecular weight excluding hydrogens is 388 g/mol. The van der Waals surface area contributed by atoms with Crippen molar-refractivity contribution >= 4 is 15.9 Å². The zero-order valence-corrected chi connectivity index (χ0v) is 14.4. The molecule has 24 heavy (non-hydrogen) atoms. The van der Waals surface area contributed by atoms with Gasteiger partial charge in [0.2, 0.25) is 0 Å². The molecule has 3 unspecified atom stereocenters. The highest BCUT2D eigenvalue weighted by molar-refractivity contribution is 9.09. The fourth-order valence-corrected chi connectivity index (χ4v) is 3.28. The van der Waals surface area contributed by atoms with Gasteiger partial charge in [0, 0.05) is 10.4 Å². The molecule has 1 nitrogen and oxygen atoms in total. The van der Waals surface area contributed by atoms with Gasteiger partial charge in [-0.15, -0.1) is 0 Å². The minimum Gasteiger partial charge on any atom is -0.373 e. The second-order valence-electron chi connectivity index (χ2n) is 6.04. The first-order valence-corrected chi connectivity index (χ1v) is 8.48. The molecule has 1 heterocycles. The maximum Gasteiger partial charge on any atom is 0.194 e. The molecule has 3 rings (SSSR count). The Morgan fingerprint density at radius 1 is 1.00 bits per heavy atom. The van der Waals surface area contributed by atoms with Crippen LogP contribution in [0.5, 0.6) is 0 Å². The Labute approximate surface area is 145 Å². The molecule has 0 saturated carbocycles. The van der Waals surface area contributed by atoms with E-state index >= 15 is 0 Å². The molecule has 0 bridgehead atoms. The van der Waals surface area contributed by atoms with E-state index in [4.69, 9.17) is 4.74 Å². The van der Waals surface area contributed by atoms with Crippen LogP contribution in [-0.4, -0.2) is 11.4 Å². The second-order valence-corrected chi connectivity index (χ2v) is 7.22. The van der Waals surface area contributed by atoms with Crippen molar-refractivity contribution in [3.63, 3.8) is 0 Å². The maximum atomic E-state index is 14.4. The number of halogens is 5. The van der Waals surface area contributed by atoms with E-state index in [1.165, 1.54) is 12.1 Å². The van der Waals surface area contributed by atoms with Crippen LogP contribution in [0.4, 0.5) is 17.6 Å². The third-order valence-electron chi connectivity index (χ3n) is 4.28. The van der Waals surface area contributed by atoms with Gasteiger partial charge in [-0.05, 0) is 41.7 Å². The van der Waals surface area contributed by atoms with Crippen LogP contribution in [-0.2, 0) is 4.74 Å². The van der Waals surface area contributed by atoms with Crippen molar-refractivity contribution < 1.29 is 22.3 Å². The number of hydrogen-bond acceptors (Lipinski definition) is 1. The Hall–Kier alpha value is -1.40. The molecule has 1 saturated heterocycles. The van der Waals surface area contributed by atoms with E-state index < -0.39 is 23.3 Å². The second kappa shape index (κ2) is 6.84. The Morgan fingerprint density at radius 2 is 1.67 bits per heavy atom. The van der Waals surface area contributed by atoms with Gasteiger partial charge in [0.25, 0.3) is 0 Å². The molecule has 0 N–H and O–H groups in total. The standard InChI is InChI=1S/C18H15BrF4O/c1-9-8-24-17(7-13(9)19)10-2-3-12(14(20)4-10)11-5-15(21)18(23)16(22)6-11/h2-6,9,13,17H,7-8H2,1H3. The average molecular weight is 403 g/mol. The molecule has 128 valence electrons. The lowest BCUT2D eigenvalue weighted by atomic mass is 9.94. The summed E-state index contributed by atoms with van der Waals surface area (Å²) in [7, 11) is 0. The molecule has 2 aromatic carbocycles. The van der Waals surface area contributed by atoms with E-state index in [0.29, 0.717) is 24.5 Å². The van der Waals surface area contributed by atoms with Gasteiger partial charge in [-0.2, -0.15) is 0 Å². The van der Waals surface area contributed by atoms with Gasteiger partial charge in [-0.1, -0.05) is 35.0 Å². The predicted octanol–water partition coefficient (Wildman–Crippen LogP) is 5.77. The summed E-state index contributed by atoms with van der Waals surface area (Å²) in [5, 5.41) is 0. The summed E-state index contributed by atoms with van der Waals surface area (Å²) in [4.78, 5) is 0.277. The van der Waals surface area contributed by atoms with Crippen molar-refractivity contribution in [3.8, 4) is 11.1 Å². The Morgan fingerprint density at radius 3 is 2.25 bits per heavy atom. The summed E-state index contributed by atoms with van der Waals surface area (Å²) in [6, 6.07) is 5.96. The molecule has 0 aromatic heterocycles. The third-order valence-corrected chi connectivity index (χ3v) is 5.55. The van der Waals surface area contributed by atoms with Crippen molar-refractivity contribution in [3.05, 3.63) is 59.2 Å². The average Bonchev–Trinajstić information content (AvgIpc) is 2.54. The molecular formula is C18H15BrF4O. The predicted molar refractivity (Wildman–Crippen MR) is 86.9 cm³/mol. The number of alkyl halides is 1. The molecule has 1 fully saturated rings. The van der Waals surface area contributed by atoms with Gasteiger partial charge >= 0.3 is 0 Å². The van der Waals surface area contributed by atoms with Crippen LogP contribution in [0.1, 0.15) is 25.0 Å². The number of ether oxygens (including phenoxy) is 1. The monoisotopic (exact) mass is 402 g/mol. The highest BCUT2D eigenvalue weighted by Gasteiger charge is 2.28. The topological polar surface area (TPSA) is 9.23 Å². The fourth-order valence-electron chi connectivity index (χ4n) is 2.79. The lowest BCUT2D eigenvalue weighted by Gasteiger charge is -2.31. The van der Waals surface area contributed by atoms with E-state index in [-0.39, 0.29) is 22.1 Å². The van der Waals surface area contributed by atoms with Crippen molar-refractivity contribution in [2.24, 2.45) is 5.92 Å². The number of rotatable bonds is 2. The highest BCUT2D eigenvalue weighted by Crippen LogP contribution is 2.36. The smallest absolute Gasteiger partial charge is 0.194 e. The zero-order chi connectivity index (χ0) is 17.4. The third kappa shape index (κ3) is 3.35. The van der Waals surface area contributed by atoms with Gasteiger partial charge in [0.05, 0.1) is 12.7 Å².